The molecule has 0 bridgehead atoms. The number of aryl methyl sites for hydroxylation is 2. The van der Waals surface area contributed by atoms with Crippen molar-refractivity contribution >= 4 is 11.7 Å². The van der Waals surface area contributed by atoms with E-state index in [2.05, 4.69) is 5.10 Å². The lowest BCUT2D eigenvalue weighted by Gasteiger charge is -2.26. The zero-order valence-electron chi connectivity index (χ0n) is 10.3. The Morgan fingerprint density at radius 3 is 2.65 bits per heavy atom. The lowest BCUT2D eigenvalue weighted by Crippen LogP contribution is -2.39. The molecule has 0 saturated carbocycles. The van der Waals surface area contributed by atoms with Crippen LogP contribution in [0.4, 0.5) is 0 Å². The number of rotatable bonds is 2. The number of amides is 1. The first kappa shape index (κ1) is 11.8. The number of hydrogen-bond acceptors (Lipinski definition) is 3. The van der Waals surface area contributed by atoms with Crippen LogP contribution in [0.25, 0.3) is 0 Å². The maximum atomic E-state index is 12.3. The SMILES string of the molecule is CCn1nc(C)cc1C(=O)N1CCC(=O)CC1. The Hall–Kier alpha value is -1.65. The fraction of sp³-hybridized carbons (Fsp3) is 0.583. The molecule has 5 nitrogen and oxygen atoms in total. The van der Waals surface area contributed by atoms with Crippen molar-refractivity contribution in [3.63, 3.8) is 0 Å². The molecule has 1 aliphatic heterocycles. The Morgan fingerprint density at radius 1 is 1.41 bits per heavy atom. The van der Waals surface area contributed by atoms with E-state index in [1.165, 1.54) is 0 Å². The van der Waals surface area contributed by atoms with Crippen LogP contribution in [0.2, 0.25) is 0 Å². The van der Waals surface area contributed by atoms with Gasteiger partial charge in [0.15, 0.2) is 0 Å². The molecule has 0 unspecified atom stereocenters. The van der Waals surface area contributed by atoms with Gasteiger partial charge in [-0.2, -0.15) is 5.10 Å². The van der Waals surface area contributed by atoms with Crippen LogP contribution in [0.1, 0.15) is 35.9 Å². The summed E-state index contributed by atoms with van der Waals surface area (Å²) in [6, 6.07) is 1.81. The zero-order chi connectivity index (χ0) is 12.4. The van der Waals surface area contributed by atoms with Gasteiger partial charge in [0.2, 0.25) is 0 Å². The molecule has 2 heterocycles. The maximum Gasteiger partial charge on any atom is 0.272 e. The van der Waals surface area contributed by atoms with Crippen LogP contribution >= 0.6 is 0 Å². The molecule has 0 radical (unpaired) electrons. The molecule has 0 aromatic carbocycles. The fourth-order valence-electron chi connectivity index (χ4n) is 2.08. The molecular formula is C12H17N3O2. The minimum absolute atomic E-state index is 0.0139. The number of Topliss-reactive ketones (excluding diaryl/α,β-unsaturated/α-hetero) is 1. The van der Waals surface area contributed by atoms with Crippen molar-refractivity contribution in [2.45, 2.75) is 33.2 Å². The first-order chi connectivity index (χ1) is 8.11. The Kier molecular flexibility index (Phi) is 3.26. The molecule has 1 aromatic rings. The Labute approximate surface area is 100 Å². The fourth-order valence-corrected chi connectivity index (χ4v) is 2.08. The van der Waals surface area contributed by atoms with Gasteiger partial charge in [-0.3, -0.25) is 14.3 Å². The van der Waals surface area contributed by atoms with Crippen LogP contribution in [0, 0.1) is 6.92 Å². The summed E-state index contributed by atoms with van der Waals surface area (Å²) in [6.45, 7) is 5.59. The van der Waals surface area contributed by atoms with Gasteiger partial charge in [0, 0.05) is 32.5 Å². The average Bonchev–Trinajstić information content (AvgIpc) is 2.70. The molecule has 2 rings (SSSR count). The van der Waals surface area contributed by atoms with E-state index in [1.807, 2.05) is 19.9 Å². The first-order valence-corrected chi connectivity index (χ1v) is 5.97. The van der Waals surface area contributed by atoms with Crippen LogP contribution in [0.15, 0.2) is 6.07 Å². The minimum atomic E-state index is -0.0139. The molecule has 5 heteroatoms. The molecule has 0 N–H and O–H groups in total. The van der Waals surface area contributed by atoms with Crippen LogP contribution < -0.4 is 0 Å². The molecule has 1 fully saturated rings. The molecule has 0 aliphatic carbocycles. The number of ketones is 1. The molecule has 0 atom stereocenters. The third-order valence-electron chi connectivity index (χ3n) is 3.03. The molecule has 1 aromatic heterocycles. The van der Waals surface area contributed by atoms with E-state index >= 15 is 0 Å². The summed E-state index contributed by atoms with van der Waals surface area (Å²) in [4.78, 5) is 25.1. The smallest absolute Gasteiger partial charge is 0.272 e. The number of nitrogens with zero attached hydrogens (tertiary/aromatic N) is 3. The second-order valence-electron chi connectivity index (χ2n) is 4.32. The van der Waals surface area contributed by atoms with Gasteiger partial charge >= 0.3 is 0 Å². The molecule has 1 saturated heterocycles. The van der Waals surface area contributed by atoms with Gasteiger partial charge in [0.05, 0.1) is 5.69 Å². The van der Waals surface area contributed by atoms with Gasteiger partial charge < -0.3 is 4.90 Å². The second-order valence-corrected chi connectivity index (χ2v) is 4.32. The number of aromatic nitrogens is 2. The largest absolute Gasteiger partial charge is 0.336 e. The maximum absolute atomic E-state index is 12.3. The average molecular weight is 235 g/mol. The molecule has 17 heavy (non-hydrogen) atoms. The zero-order valence-corrected chi connectivity index (χ0v) is 10.3. The lowest BCUT2D eigenvalue weighted by atomic mass is 10.1. The van der Waals surface area contributed by atoms with Crippen molar-refractivity contribution in [2.24, 2.45) is 0 Å². The van der Waals surface area contributed by atoms with E-state index in [4.69, 9.17) is 0 Å². The van der Waals surface area contributed by atoms with Crippen molar-refractivity contribution in [3.05, 3.63) is 17.5 Å². The van der Waals surface area contributed by atoms with Crippen molar-refractivity contribution in [1.82, 2.24) is 14.7 Å². The monoisotopic (exact) mass is 235 g/mol. The summed E-state index contributed by atoms with van der Waals surface area (Å²) >= 11 is 0. The normalized spacial score (nSPS) is 16.4. The predicted molar refractivity (Wildman–Crippen MR) is 62.8 cm³/mol. The molecular weight excluding hydrogens is 218 g/mol. The Bertz CT molecular complexity index is 441. The first-order valence-electron chi connectivity index (χ1n) is 5.97. The van der Waals surface area contributed by atoms with Crippen molar-refractivity contribution in [1.29, 1.82) is 0 Å². The van der Waals surface area contributed by atoms with Crippen LogP contribution in [0.5, 0.6) is 0 Å². The van der Waals surface area contributed by atoms with Crippen LogP contribution in [-0.2, 0) is 11.3 Å². The number of piperidine rings is 1. The van der Waals surface area contributed by atoms with E-state index in [9.17, 15) is 9.59 Å². The third kappa shape index (κ3) is 2.38. The van der Waals surface area contributed by atoms with Gasteiger partial charge in [0.1, 0.15) is 11.5 Å². The lowest BCUT2D eigenvalue weighted by molar-refractivity contribution is -0.120. The van der Waals surface area contributed by atoms with Crippen molar-refractivity contribution in [3.8, 4) is 0 Å². The summed E-state index contributed by atoms with van der Waals surface area (Å²) in [6.07, 6.45) is 0.954. The third-order valence-corrected chi connectivity index (χ3v) is 3.03. The highest BCUT2D eigenvalue weighted by molar-refractivity contribution is 5.94. The predicted octanol–water partition coefficient (Wildman–Crippen LogP) is 1.02. The van der Waals surface area contributed by atoms with Crippen molar-refractivity contribution < 1.29 is 9.59 Å². The second kappa shape index (κ2) is 4.69. The quantitative estimate of drug-likeness (QED) is 0.769. The minimum Gasteiger partial charge on any atom is -0.336 e. The van der Waals surface area contributed by atoms with Crippen LogP contribution in [0.3, 0.4) is 0 Å². The van der Waals surface area contributed by atoms with Gasteiger partial charge in [-0.05, 0) is 19.9 Å². The van der Waals surface area contributed by atoms with E-state index in [1.54, 1.807) is 9.58 Å². The summed E-state index contributed by atoms with van der Waals surface area (Å²) in [5, 5.41) is 4.26. The Morgan fingerprint density at radius 2 is 2.06 bits per heavy atom. The highest BCUT2D eigenvalue weighted by Crippen LogP contribution is 2.12. The van der Waals surface area contributed by atoms with E-state index in [0.717, 1.165) is 5.69 Å². The number of carbonyl (C=O) groups is 2. The summed E-state index contributed by atoms with van der Waals surface area (Å²) < 4.78 is 1.72. The highest BCUT2D eigenvalue weighted by Gasteiger charge is 2.24. The van der Waals surface area contributed by atoms with Gasteiger partial charge in [-0.25, -0.2) is 0 Å². The standard InChI is InChI=1S/C12H17N3O2/c1-3-15-11(8-9(2)13-15)12(17)14-6-4-10(16)5-7-14/h8H,3-7H2,1-2H3. The van der Waals surface area contributed by atoms with E-state index < -0.39 is 0 Å². The topological polar surface area (TPSA) is 55.2 Å². The highest BCUT2D eigenvalue weighted by atomic mass is 16.2. The molecule has 1 aliphatic rings. The molecule has 92 valence electrons. The van der Waals surface area contributed by atoms with Gasteiger partial charge in [-0.1, -0.05) is 0 Å². The number of carbonyl (C=O) groups excluding carboxylic acids is 2. The number of likely N-dealkylation sites (tertiary alicyclic amines) is 1. The van der Waals surface area contributed by atoms with Gasteiger partial charge in [-0.15, -0.1) is 0 Å². The molecule has 1 amide bonds. The van der Waals surface area contributed by atoms with E-state index in [0.29, 0.717) is 38.2 Å². The number of hydrogen-bond donors (Lipinski definition) is 0. The van der Waals surface area contributed by atoms with Crippen molar-refractivity contribution in [2.75, 3.05) is 13.1 Å². The summed E-state index contributed by atoms with van der Waals surface area (Å²) in [5.41, 5.74) is 1.47. The molecule has 0 spiro atoms. The Balaban J connectivity index is 2.16. The summed E-state index contributed by atoms with van der Waals surface area (Å²) in [7, 11) is 0. The van der Waals surface area contributed by atoms with Gasteiger partial charge in [0.25, 0.3) is 5.91 Å². The van der Waals surface area contributed by atoms with Crippen LogP contribution in [-0.4, -0.2) is 39.5 Å². The summed E-state index contributed by atoms with van der Waals surface area (Å²) in [5.74, 6) is 0.231. The van der Waals surface area contributed by atoms with E-state index in [-0.39, 0.29) is 11.7 Å².